The lowest BCUT2D eigenvalue weighted by molar-refractivity contribution is 0.414. The van der Waals surface area contributed by atoms with Gasteiger partial charge in [-0.05, 0) is 24.4 Å². The molecule has 1 aromatic carbocycles. The Morgan fingerprint density at radius 1 is 1.44 bits per heavy atom. The summed E-state index contributed by atoms with van der Waals surface area (Å²) in [6.07, 6.45) is 0. The van der Waals surface area contributed by atoms with E-state index >= 15 is 0 Å². The number of H-pyrrole nitrogens is 1. The van der Waals surface area contributed by atoms with Crippen molar-refractivity contribution >= 4 is 23.8 Å². The molecule has 0 amide bonds. The van der Waals surface area contributed by atoms with Crippen molar-refractivity contribution in [2.45, 2.75) is 19.8 Å². The standard InChI is InChI=1S/C12H14ClN3OS/c1-7(2)11-14-15-12(18)16(11)10-6-8(17-3)4-5-9(10)13/h4-7H,1-3H3,(H,15,18). The number of ether oxygens (including phenoxy) is 1. The number of hydrogen-bond donors (Lipinski definition) is 1. The predicted octanol–water partition coefficient (Wildman–Crippen LogP) is 3.72. The van der Waals surface area contributed by atoms with Crippen LogP contribution in [0.15, 0.2) is 18.2 Å². The summed E-state index contributed by atoms with van der Waals surface area (Å²) in [5.74, 6) is 1.81. The molecule has 0 unspecified atom stereocenters. The van der Waals surface area contributed by atoms with Crippen LogP contribution >= 0.6 is 23.8 Å². The van der Waals surface area contributed by atoms with Crippen LogP contribution in [0.25, 0.3) is 5.69 Å². The minimum absolute atomic E-state index is 0.236. The molecule has 4 nitrogen and oxygen atoms in total. The van der Waals surface area contributed by atoms with E-state index in [0.717, 1.165) is 17.3 Å². The van der Waals surface area contributed by atoms with Gasteiger partial charge in [0.05, 0.1) is 17.8 Å². The highest BCUT2D eigenvalue weighted by Crippen LogP contribution is 2.28. The molecule has 0 fully saturated rings. The summed E-state index contributed by atoms with van der Waals surface area (Å²) in [6, 6.07) is 5.44. The van der Waals surface area contributed by atoms with Gasteiger partial charge in [0, 0.05) is 12.0 Å². The largest absolute Gasteiger partial charge is 0.497 e. The summed E-state index contributed by atoms with van der Waals surface area (Å²) in [7, 11) is 1.62. The summed E-state index contributed by atoms with van der Waals surface area (Å²) >= 11 is 11.5. The summed E-state index contributed by atoms with van der Waals surface area (Å²) in [4.78, 5) is 0. The smallest absolute Gasteiger partial charge is 0.199 e. The van der Waals surface area contributed by atoms with Gasteiger partial charge in [-0.25, -0.2) is 0 Å². The topological polar surface area (TPSA) is 42.8 Å². The first-order chi connectivity index (χ1) is 8.54. The molecule has 96 valence electrons. The first-order valence-corrected chi connectivity index (χ1v) is 6.34. The van der Waals surface area contributed by atoms with E-state index in [2.05, 4.69) is 24.0 Å². The van der Waals surface area contributed by atoms with Gasteiger partial charge in [0.2, 0.25) is 0 Å². The van der Waals surface area contributed by atoms with Crippen LogP contribution in [-0.2, 0) is 0 Å². The Morgan fingerprint density at radius 3 is 2.78 bits per heavy atom. The summed E-state index contributed by atoms with van der Waals surface area (Å²) in [5, 5.41) is 7.64. The average Bonchev–Trinajstić information content (AvgIpc) is 2.72. The maximum absolute atomic E-state index is 6.23. The monoisotopic (exact) mass is 283 g/mol. The third-order valence-corrected chi connectivity index (χ3v) is 3.20. The van der Waals surface area contributed by atoms with Gasteiger partial charge in [0.1, 0.15) is 11.6 Å². The van der Waals surface area contributed by atoms with Crippen molar-refractivity contribution in [3.8, 4) is 11.4 Å². The highest BCUT2D eigenvalue weighted by molar-refractivity contribution is 7.71. The van der Waals surface area contributed by atoms with Crippen LogP contribution in [0.3, 0.4) is 0 Å². The zero-order valence-electron chi connectivity index (χ0n) is 10.4. The van der Waals surface area contributed by atoms with Gasteiger partial charge in [-0.3, -0.25) is 9.67 Å². The van der Waals surface area contributed by atoms with Gasteiger partial charge in [-0.1, -0.05) is 25.4 Å². The number of aromatic amines is 1. The Bertz CT molecular complexity index is 618. The molecule has 0 saturated carbocycles. The van der Waals surface area contributed by atoms with E-state index < -0.39 is 0 Å². The van der Waals surface area contributed by atoms with Crippen LogP contribution < -0.4 is 4.74 Å². The van der Waals surface area contributed by atoms with Crippen molar-refractivity contribution in [3.05, 3.63) is 33.8 Å². The Kier molecular flexibility index (Phi) is 3.73. The Hall–Kier alpha value is -1.33. The molecule has 0 aliphatic heterocycles. The number of methoxy groups -OCH3 is 1. The van der Waals surface area contributed by atoms with Gasteiger partial charge in [0.25, 0.3) is 0 Å². The number of hydrogen-bond acceptors (Lipinski definition) is 3. The number of rotatable bonds is 3. The van der Waals surface area contributed by atoms with Crippen LogP contribution in [0, 0.1) is 4.77 Å². The van der Waals surface area contributed by atoms with E-state index in [-0.39, 0.29) is 5.92 Å². The van der Waals surface area contributed by atoms with E-state index in [1.165, 1.54) is 0 Å². The molecule has 1 aromatic heterocycles. The third kappa shape index (κ3) is 2.28. The zero-order valence-corrected chi connectivity index (χ0v) is 12.0. The Morgan fingerprint density at radius 2 is 2.17 bits per heavy atom. The zero-order chi connectivity index (χ0) is 13.3. The van der Waals surface area contributed by atoms with Crippen LogP contribution in [0.2, 0.25) is 5.02 Å². The maximum Gasteiger partial charge on any atom is 0.199 e. The van der Waals surface area contributed by atoms with Gasteiger partial charge in [-0.2, -0.15) is 5.10 Å². The van der Waals surface area contributed by atoms with Crippen molar-refractivity contribution in [1.82, 2.24) is 14.8 Å². The van der Waals surface area contributed by atoms with Crippen LogP contribution in [-0.4, -0.2) is 21.9 Å². The molecule has 6 heteroatoms. The second-order valence-corrected chi connectivity index (χ2v) is 4.99. The number of nitrogens with zero attached hydrogens (tertiary/aromatic N) is 2. The molecular weight excluding hydrogens is 270 g/mol. The van der Waals surface area contributed by atoms with Crippen molar-refractivity contribution in [2.75, 3.05) is 7.11 Å². The van der Waals surface area contributed by atoms with Crippen molar-refractivity contribution in [1.29, 1.82) is 0 Å². The van der Waals surface area contributed by atoms with E-state index in [4.69, 9.17) is 28.6 Å². The lowest BCUT2D eigenvalue weighted by atomic mass is 10.2. The molecule has 18 heavy (non-hydrogen) atoms. The number of nitrogens with one attached hydrogen (secondary N) is 1. The Labute approximate surface area is 116 Å². The van der Waals surface area contributed by atoms with Crippen molar-refractivity contribution in [3.63, 3.8) is 0 Å². The minimum Gasteiger partial charge on any atom is -0.497 e. The summed E-state index contributed by atoms with van der Waals surface area (Å²) in [5.41, 5.74) is 0.776. The fraction of sp³-hybridized carbons (Fsp3) is 0.333. The fourth-order valence-electron chi connectivity index (χ4n) is 1.72. The molecule has 2 aromatic rings. The molecule has 2 rings (SSSR count). The summed E-state index contributed by atoms with van der Waals surface area (Å²) in [6.45, 7) is 4.10. The SMILES string of the molecule is COc1ccc(Cl)c(-n2c(C(C)C)n[nH]c2=S)c1. The predicted molar refractivity (Wildman–Crippen MR) is 74.4 cm³/mol. The molecule has 0 aliphatic rings. The van der Waals surface area contributed by atoms with Gasteiger partial charge in [0.15, 0.2) is 4.77 Å². The highest BCUT2D eigenvalue weighted by atomic mass is 35.5. The molecule has 1 heterocycles. The number of benzene rings is 1. The quantitative estimate of drug-likeness (QED) is 0.873. The van der Waals surface area contributed by atoms with Crippen LogP contribution in [0.1, 0.15) is 25.6 Å². The van der Waals surface area contributed by atoms with E-state index in [0.29, 0.717) is 9.79 Å². The third-order valence-electron chi connectivity index (χ3n) is 2.61. The van der Waals surface area contributed by atoms with Gasteiger partial charge in [-0.15, -0.1) is 0 Å². The first kappa shape index (κ1) is 13.1. The maximum atomic E-state index is 6.23. The number of halogens is 1. The Balaban J connectivity index is 2.68. The van der Waals surface area contributed by atoms with E-state index in [1.54, 1.807) is 13.2 Å². The number of aromatic nitrogens is 3. The average molecular weight is 284 g/mol. The second-order valence-electron chi connectivity index (χ2n) is 4.19. The van der Waals surface area contributed by atoms with Crippen LogP contribution in [0.5, 0.6) is 5.75 Å². The normalized spacial score (nSPS) is 10.9. The summed E-state index contributed by atoms with van der Waals surface area (Å²) < 4.78 is 7.57. The molecule has 0 aliphatic carbocycles. The lowest BCUT2D eigenvalue weighted by Gasteiger charge is -2.12. The van der Waals surface area contributed by atoms with E-state index in [9.17, 15) is 0 Å². The lowest BCUT2D eigenvalue weighted by Crippen LogP contribution is -2.04. The van der Waals surface area contributed by atoms with Crippen molar-refractivity contribution in [2.24, 2.45) is 0 Å². The molecule has 0 bridgehead atoms. The molecule has 0 radical (unpaired) electrons. The second kappa shape index (κ2) is 5.12. The molecule has 1 N–H and O–H groups in total. The fourth-order valence-corrected chi connectivity index (χ4v) is 2.16. The molecule has 0 spiro atoms. The van der Waals surface area contributed by atoms with Gasteiger partial charge < -0.3 is 4.74 Å². The molecule has 0 saturated heterocycles. The first-order valence-electron chi connectivity index (χ1n) is 5.55. The molecule has 0 atom stereocenters. The molecular formula is C12H14ClN3OS. The minimum atomic E-state index is 0.236. The highest BCUT2D eigenvalue weighted by Gasteiger charge is 2.14. The van der Waals surface area contributed by atoms with E-state index in [1.807, 2.05) is 16.7 Å². The van der Waals surface area contributed by atoms with Crippen LogP contribution in [0.4, 0.5) is 0 Å². The van der Waals surface area contributed by atoms with Gasteiger partial charge >= 0.3 is 0 Å². The van der Waals surface area contributed by atoms with Crippen molar-refractivity contribution < 1.29 is 4.74 Å².